The molecule has 1 rings (SSSR count). The van der Waals surface area contributed by atoms with Crippen molar-refractivity contribution in [2.45, 2.75) is 19.3 Å². The topological polar surface area (TPSA) is 46.5 Å². The standard InChI is InChI=1S/C11H14O3/c1-14-11-6-5-9(8-10(11)13)4-2-3-7-12/h5-8,13H,2-4H2,1H3. The molecule has 14 heavy (non-hydrogen) atoms. The Balaban J connectivity index is 2.61. The number of aromatic hydroxyl groups is 1. The zero-order valence-corrected chi connectivity index (χ0v) is 8.19. The van der Waals surface area contributed by atoms with Crippen LogP contribution in [0.5, 0.6) is 11.5 Å². The molecular formula is C11H14O3. The molecule has 1 aromatic carbocycles. The lowest BCUT2D eigenvalue weighted by atomic mass is 10.1. The highest BCUT2D eigenvalue weighted by molar-refractivity contribution is 5.49. The highest BCUT2D eigenvalue weighted by Crippen LogP contribution is 2.26. The first-order valence-corrected chi connectivity index (χ1v) is 4.57. The molecule has 76 valence electrons. The zero-order valence-electron chi connectivity index (χ0n) is 8.19. The Morgan fingerprint density at radius 2 is 2.29 bits per heavy atom. The van der Waals surface area contributed by atoms with E-state index >= 15 is 0 Å². The van der Waals surface area contributed by atoms with Crippen molar-refractivity contribution in [3.05, 3.63) is 23.8 Å². The van der Waals surface area contributed by atoms with Gasteiger partial charge in [0.05, 0.1) is 7.11 Å². The van der Waals surface area contributed by atoms with E-state index in [-0.39, 0.29) is 5.75 Å². The summed E-state index contributed by atoms with van der Waals surface area (Å²) in [5, 5.41) is 9.45. The summed E-state index contributed by atoms with van der Waals surface area (Å²) in [5.41, 5.74) is 1.02. The number of unbranched alkanes of at least 4 members (excludes halogenated alkanes) is 1. The van der Waals surface area contributed by atoms with Crippen LogP contribution in [0.4, 0.5) is 0 Å². The van der Waals surface area contributed by atoms with Gasteiger partial charge in [0.2, 0.25) is 0 Å². The number of phenols is 1. The van der Waals surface area contributed by atoms with Crippen LogP contribution in [-0.2, 0) is 11.2 Å². The van der Waals surface area contributed by atoms with Gasteiger partial charge in [0.15, 0.2) is 11.5 Å². The van der Waals surface area contributed by atoms with Gasteiger partial charge in [-0.3, -0.25) is 0 Å². The van der Waals surface area contributed by atoms with Crippen LogP contribution < -0.4 is 4.74 Å². The Labute approximate surface area is 83.3 Å². The molecule has 0 heterocycles. The Kier molecular flexibility index (Phi) is 3.98. The molecule has 0 spiro atoms. The second kappa shape index (κ2) is 5.27. The summed E-state index contributed by atoms with van der Waals surface area (Å²) in [6.07, 6.45) is 3.09. The van der Waals surface area contributed by atoms with Crippen molar-refractivity contribution in [1.29, 1.82) is 0 Å². The molecule has 1 N–H and O–H groups in total. The van der Waals surface area contributed by atoms with Gasteiger partial charge in [-0.2, -0.15) is 0 Å². The third kappa shape index (κ3) is 2.76. The predicted molar refractivity (Wildman–Crippen MR) is 53.7 cm³/mol. The van der Waals surface area contributed by atoms with Crippen molar-refractivity contribution < 1.29 is 14.6 Å². The van der Waals surface area contributed by atoms with Crippen LogP contribution >= 0.6 is 0 Å². The molecule has 0 unspecified atom stereocenters. The minimum atomic E-state index is 0.149. The van der Waals surface area contributed by atoms with E-state index in [2.05, 4.69) is 0 Å². The maximum absolute atomic E-state index is 10.1. The Morgan fingerprint density at radius 3 is 2.86 bits per heavy atom. The molecule has 0 saturated carbocycles. The van der Waals surface area contributed by atoms with Crippen LogP contribution in [0.15, 0.2) is 18.2 Å². The van der Waals surface area contributed by atoms with Crippen LogP contribution in [0, 0.1) is 0 Å². The van der Waals surface area contributed by atoms with Crippen LogP contribution in [0.25, 0.3) is 0 Å². The largest absolute Gasteiger partial charge is 0.504 e. The molecule has 0 aliphatic heterocycles. The van der Waals surface area contributed by atoms with E-state index in [1.54, 1.807) is 12.1 Å². The maximum Gasteiger partial charge on any atom is 0.160 e. The number of aryl methyl sites for hydroxylation is 1. The van der Waals surface area contributed by atoms with Gasteiger partial charge in [0, 0.05) is 6.42 Å². The minimum Gasteiger partial charge on any atom is -0.504 e. The highest BCUT2D eigenvalue weighted by atomic mass is 16.5. The number of aldehydes is 1. The van der Waals surface area contributed by atoms with E-state index in [4.69, 9.17) is 4.74 Å². The lowest BCUT2D eigenvalue weighted by molar-refractivity contribution is -0.107. The number of rotatable bonds is 5. The fraction of sp³-hybridized carbons (Fsp3) is 0.364. The molecule has 0 amide bonds. The number of benzene rings is 1. The molecule has 0 atom stereocenters. The molecular weight excluding hydrogens is 180 g/mol. The molecule has 0 aromatic heterocycles. The fourth-order valence-electron chi connectivity index (χ4n) is 1.28. The van der Waals surface area contributed by atoms with Gasteiger partial charge >= 0.3 is 0 Å². The zero-order chi connectivity index (χ0) is 10.4. The summed E-state index contributed by atoms with van der Waals surface area (Å²) < 4.78 is 4.92. The number of phenolic OH excluding ortho intramolecular Hbond substituents is 1. The molecule has 0 bridgehead atoms. The lowest BCUT2D eigenvalue weighted by Crippen LogP contribution is -1.88. The summed E-state index contributed by atoms with van der Waals surface area (Å²) in [4.78, 5) is 10.1. The highest BCUT2D eigenvalue weighted by Gasteiger charge is 2.01. The summed E-state index contributed by atoms with van der Waals surface area (Å²) in [7, 11) is 1.51. The predicted octanol–water partition coefficient (Wildman–Crippen LogP) is 1.92. The van der Waals surface area contributed by atoms with Gasteiger partial charge in [0.1, 0.15) is 6.29 Å². The molecule has 0 radical (unpaired) electrons. The monoisotopic (exact) mass is 194 g/mol. The Morgan fingerprint density at radius 1 is 1.50 bits per heavy atom. The van der Waals surface area contributed by atoms with Crippen molar-refractivity contribution in [2.75, 3.05) is 7.11 Å². The SMILES string of the molecule is COc1ccc(CCCC=O)cc1O. The number of hydrogen-bond acceptors (Lipinski definition) is 3. The first-order valence-electron chi connectivity index (χ1n) is 4.57. The van der Waals surface area contributed by atoms with E-state index in [0.29, 0.717) is 12.2 Å². The summed E-state index contributed by atoms with van der Waals surface area (Å²) in [5.74, 6) is 0.625. The minimum absolute atomic E-state index is 0.149. The van der Waals surface area contributed by atoms with Gasteiger partial charge in [-0.25, -0.2) is 0 Å². The van der Waals surface area contributed by atoms with Crippen LogP contribution in [0.3, 0.4) is 0 Å². The quantitative estimate of drug-likeness (QED) is 0.575. The number of methoxy groups -OCH3 is 1. The van der Waals surface area contributed by atoms with Gasteiger partial charge in [-0.1, -0.05) is 6.07 Å². The summed E-state index contributed by atoms with van der Waals surface area (Å²) in [6.45, 7) is 0. The van der Waals surface area contributed by atoms with E-state index in [1.807, 2.05) is 6.07 Å². The molecule has 0 aliphatic carbocycles. The third-order valence-corrected chi connectivity index (χ3v) is 2.03. The van der Waals surface area contributed by atoms with Gasteiger partial charge in [0.25, 0.3) is 0 Å². The number of ether oxygens (including phenoxy) is 1. The first kappa shape index (κ1) is 10.6. The van der Waals surface area contributed by atoms with E-state index < -0.39 is 0 Å². The average molecular weight is 194 g/mol. The normalized spacial score (nSPS) is 9.79. The van der Waals surface area contributed by atoms with Crippen LogP contribution in [0.2, 0.25) is 0 Å². The second-order valence-corrected chi connectivity index (χ2v) is 3.07. The maximum atomic E-state index is 10.1. The van der Waals surface area contributed by atoms with E-state index in [0.717, 1.165) is 24.7 Å². The van der Waals surface area contributed by atoms with E-state index in [1.165, 1.54) is 7.11 Å². The van der Waals surface area contributed by atoms with Gasteiger partial charge < -0.3 is 14.6 Å². The van der Waals surface area contributed by atoms with Crippen LogP contribution in [0.1, 0.15) is 18.4 Å². The smallest absolute Gasteiger partial charge is 0.160 e. The number of carbonyl (C=O) groups excluding carboxylic acids is 1. The lowest BCUT2D eigenvalue weighted by Gasteiger charge is -2.05. The van der Waals surface area contributed by atoms with Crippen molar-refractivity contribution in [1.82, 2.24) is 0 Å². The number of carbonyl (C=O) groups is 1. The van der Waals surface area contributed by atoms with Crippen molar-refractivity contribution in [3.8, 4) is 11.5 Å². The number of hydrogen-bond donors (Lipinski definition) is 1. The van der Waals surface area contributed by atoms with Gasteiger partial charge in [-0.15, -0.1) is 0 Å². The summed E-state index contributed by atoms with van der Waals surface area (Å²) in [6, 6.07) is 5.29. The second-order valence-electron chi connectivity index (χ2n) is 3.07. The molecule has 0 saturated heterocycles. The molecule has 1 aromatic rings. The fourth-order valence-corrected chi connectivity index (χ4v) is 1.28. The molecule has 3 nitrogen and oxygen atoms in total. The summed E-state index contributed by atoms with van der Waals surface area (Å²) >= 11 is 0. The molecule has 0 aliphatic rings. The Hall–Kier alpha value is -1.51. The van der Waals surface area contributed by atoms with Crippen molar-refractivity contribution in [3.63, 3.8) is 0 Å². The average Bonchev–Trinajstić information content (AvgIpc) is 2.18. The van der Waals surface area contributed by atoms with Crippen molar-refractivity contribution >= 4 is 6.29 Å². The van der Waals surface area contributed by atoms with Crippen LogP contribution in [-0.4, -0.2) is 18.5 Å². The first-order chi connectivity index (χ1) is 6.77. The Bertz CT molecular complexity index is 307. The third-order valence-electron chi connectivity index (χ3n) is 2.03. The molecule has 0 fully saturated rings. The molecule has 3 heteroatoms. The van der Waals surface area contributed by atoms with E-state index in [9.17, 15) is 9.90 Å². The van der Waals surface area contributed by atoms with Gasteiger partial charge in [-0.05, 0) is 30.5 Å². The van der Waals surface area contributed by atoms with Crippen molar-refractivity contribution in [2.24, 2.45) is 0 Å².